The maximum absolute atomic E-state index is 13.4. The first-order valence-electron chi connectivity index (χ1n) is 11.5. The normalized spacial score (nSPS) is 15.5. The molecule has 4 rings (SSSR count). The van der Waals surface area contributed by atoms with Gasteiger partial charge in [0.2, 0.25) is 10.0 Å². The van der Waals surface area contributed by atoms with E-state index in [1.807, 2.05) is 6.07 Å². The maximum atomic E-state index is 13.4. The van der Waals surface area contributed by atoms with E-state index in [4.69, 9.17) is 9.47 Å². The van der Waals surface area contributed by atoms with E-state index in [0.29, 0.717) is 46.9 Å². The van der Waals surface area contributed by atoms with E-state index in [2.05, 4.69) is 22.2 Å². The van der Waals surface area contributed by atoms with Crippen molar-refractivity contribution in [3.05, 3.63) is 54.2 Å². The number of carbonyl (C=O) groups is 1. The first-order valence-corrected chi connectivity index (χ1v) is 13.0. The van der Waals surface area contributed by atoms with E-state index >= 15 is 0 Å². The molecular weight excluding hydrogens is 468 g/mol. The lowest BCUT2D eigenvalue weighted by Gasteiger charge is -2.29. The minimum atomic E-state index is -3.69. The van der Waals surface area contributed by atoms with Crippen molar-refractivity contribution in [2.24, 2.45) is 5.92 Å². The number of hydrogen-bond acceptors (Lipinski definition) is 7. The molecule has 0 unspecified atom stereocenters. The van der Waals surface area contributed by atoms with Crippen LogP contribution < -0.4 is 5.32 Å². The zero-order valence-electron chi connectivity index (χ0n) is 20.1. The Labute approximate surface area is 205 Å². The zero-order valence-corrected chi connectivity index (χ0v) is 20.9. The molecule has 1 N–H and O–H groups in total. The summed E-state index contributed by atoms with van der Waals surface area (Å²) in [6.07, 6.45) is 2.70. The van der Waals surface area contributed by atoms with Crippen LogP contribution in [0.1, 0.15) is 30.1 Å². The van der Waals surface area contributed by atoms with E-state index in [1.165, 1.54) is 24.6 Å². The third-order valence-corrected chi connectivity index (χ3v) is 8.18. The number of fused-ring (bicyclic) bond motifs is 1. The fourth-order valence-electron chi connectivity index (χ4n) is 4.11. The number of aromatic nitrogens is 2. The van der Waals surface area contributed by atoms with Gasteiger partial charge in [0, 0.05) is 38.9 Å². The minimum Gasteiger partial charge on any atom is -0.354 e. The van der Waals surface area contributed by atoms with Gasteiger partial charge in [-0.1, -0.05) is 13.0 Å². The predicted octanol–water partition coefficient (Wildman–Crippen LogP) is 3.07. The first kappa shape index (κ1) is 25.2. The van der Waals surface area contributed by atoms with Gasteiger partial charge in [0.1, 0.15) is 0 Å². The van der Waals surface area contributed by atoms with Gasteiger partial charge >= 0.3 is 0 Å². The van der Waals surface area contributed by atoms with Crippen molar-refractivity contribution in [1.82, 2.24) is 19.6 Å². The van der Waals surface area contributed by atoms with Crippen LogP contribution >= 0.6 is 0 Å². The molecule has 0 saturated carbocycles. The van der Waals surface area contributed by atoms with E-state index in [0.717, 1.165) is 12.8 Å². The van der Waals surface area contributed by atoms with Crippen LogP contribution in [-0.4, -0.2) is 68.7 Å². The number of nitrogens with zero attached hydrogens (tertiary/aromatic N) is 3. The number of ether oxygens (including phenoxy) is 2. The van der Waals surface area contributed by atoms with E-state index in [9.17, 15) is 13.2 Å². The molecule has 2 aromatic heterocycles. The summed E-state index contributed by atoms with van der Waals surface area (Å²) in [6.45, 7) is 3.23. The van der Waals surface area contributed by atoms with Crippen LogP contribution in [0.2, 0.25) is 0 Å². The molecule has 0 spiro atoms. The maximum Gasteiger partial charge on any atom is 0.252 e. The van der Waals surface area contributed by atoms with Crippen LogP contribution in [-0.2, 0) is 19.5 Å². The molecule has 9 nitrogen and oxygen atoms in total. The van der Waals surface area contributed by atoms with Gasteiger partial charge in [-0.3, -0.25) is 9.78 Å². The van der Waals surface area contributed by atoms with Gasteiger partial charge in [0.25, 0.3) is 5.91 Å². The van der Waals surface area contributed by atoms with E-state index in [-0.39, 0.29) is 11.4 Å². The van der Waals surface area contributed by atoms with Crippen molar-refractivity contribution >= 4 is 26.8 Å². The Morgan fingerprint density at radius 3 is 2.51 bits per heavy atom. The number of piperidine rings is 1. The molecule has 0 atom stereocenters. The Bertz CT molecular complexity index is 1290. The third kappa shape index (κ3) is 5.51. The van der Waals surface area contributed by atoms with Crippen LogP contribution in [0.25, 0.3) is 22.3 Å². The number of sulfonamides is 1. The molecule has 1 fully saturated rings. The van der Waals surface area contributed by atoms with Crippen molar-refractivity contribution in [3.63, 3.8) is 0 Å². The Balaban J connectivity index is 1.77. The van der Waals surface area contributed by atoms with Gasteiger partial charge in [0.05, 0.1) is 33.9 Å². The lowest BCUT2D eigenvalue weighted by atomic mass is 10.0. The number of rotatable bonds is 8. The highest BCUT2D eigenvalue weighted by atomic mass is 32.2. The van der Waals surface area contributed by atoms with Gasteiger partial charge in [-0.15, -0.1) is 0 Å². The van der Waals surface area contributed by atoms with Crippen LogP contribution in [0.5, 0.6) is 0 Å². The van der Waals surface area contributed by atoms with Crippen molar-refractivity contribution in [2.45, 2.75) is 31.0 Å². The second-order valence-corrected chi connectivity index (χ2v) is 10.6. The largest absolute Gasteiger partial charge is 0.354 e. The van der Waals surface area contributed by atoms with Gasteiger partial charge in [0.15, 0.2) is 6.29 Å². The molecule has 1 amide bonds. The topological polar surface area (TPSA) is 111 Å². The average Bonchev–Trinajstić information content (AvgIpc) is 2.89. The number of pyridine rings is 2. The van der Waals surface area contributed by atoms with Gasteiger partial charge < -0.3 is 14.8 Å². The van der Waals surface area contributed by atoms with E-state index in [1.54, 1.807) is 36.5 Å². The molecule has 0 bridgehead atoms. The van der Waals surface area contributed by atoms with Crippen molar-refractivity contribution in [1.29, 1.82) is 0 Å². The molecular formula is C25H30N4O5S. The predicted molar refractivity (Wildman–Crippen MR) is 132 cm³/mol. The summed E-state index contributed by atoms with van der Waals surface area (Å²) in [5, 5.41) is 3.25. The van der Waals surface area contributed by atoms with Crippen LogP contribution in [0.4, 0.5) is 0 Å². The lowest BCUT2D eigenvalue weighted by Crippen LogP contribution is -2.37. The Kier molecular flexibility index (Phi) is 7.75. The second kappa shape index (κ2) is 10.8. The molecule has 0 radical (unpaired) electrons. The molecule has 1 aromatic carbocycles. The Hall–Kier alpha value is -2.92. The summed E-state index contributed by atoms with van der Waals surface area (Å²) in [6, 6.07) is 11.8. The highest BCUT2D eigenvalue weighted by molar-refractivity contribution is 7.89. The van der Waals surface area contributed by atoms with Crippen LogP contribution in [0.3, 0.4) is 0 Å². The van der Waals surface area contributed by atoms with Gasteiger partial charge in [-0.05, 0) is 55.2 Å². The lowest BCUT2D eigenvalue weighted by molar-refractivity contribution is -0.0974. The molecule has 0 aliphatic carbocycles. The summed E-state index contributed by atoms with van der Waals surface area (Å²) in [7, 11) is -0.722. The quantitative estimate of drug-likeness (QED) is 0.475. The molecule has 3 heterocycles. The first-order chi connectivity index (χ1) is 16.8. The summed E-state index contributed by atoms with van der Waals surface area (Å²) in [5.74, 6) is 0.112. The fraction of sp³-hybridized carbons (Fsp3) is 0.400. The fourth-order valence-corrected chi connectivity index (χ4v) is 5.60. The SMILES string of the molecule is COC(CNC(=O)c1cc(-c2ccccn2)nc2ccc(S(=O)(=O)N3CCC(C)CC3)cc12)OC. The van der Waals surface area contributed by atoms with Crippen molar-refractivity contribution in [3.8, 4) is 11.4 Å². The molecule has 1 aliphatic rings. The summed E-state index contributed by atoms with van der Waals surface area (Å²) in [4.78, 5) is 22.4. The van der Waals surface area contributed by atoms with Crippen molar-refractivity contribution in [2.75, 3.05) is 33.9 Å². The Morgan fingerprint density at radius 1 is 1.11 bits per heavy atom. The number of hydrogen-bond donors (Lipinski definition) is 1. The highest BCUT2D eigenvalue weighted by Gasteiger charge is 2.29. The monoisotopic (exact) mass is 498 g/mol. The van der Waals surface area contributed by atoms with Crippen LogP contribution in [0, 0.1) is 5.92 Å². The molecule has 1 aliphatic heterocycles. The molecule has 10 heteroatoms. The number of methoxy groups -OCH3 is 2. The van der Waals surface area contributed by atoms with Crippen LogP contribution in [0.15, 0.2) is 53.6 Å². The number of amides is 1. The summed E-state index contributed by atoms with van der Waals surface area (Å²) < 4.78 is 38.6. The molecule has 1 saturated heterocycles. The third-order valence-electron chi connectivity index (χ3n) is 6.29. The summed E-state index contributed by atoms with van der Waals surface area (Å²) >= 11 is 0. The average molecular weight is 499 g/mol. The highest BCUT2D eigenvalue weighted by Crippen LogP contribution is 2.29. The Morgan fingerprint density at radius 2 is 1.86 bits per heavy atom. The second-order valence-electron chi connectivity index (χ2n) is 8.65. The zero-order chi connectivity index (χ0) is 25.0. The van der Waals surface area contributed by atoms with Gasteiger partial charge in [-0.2, -0.15) is 4.31 Å². The minimum absolute atomic E-state index is 0.124. The van der Waals surface area contributed by atoms with Gasteiger partial charge in [-0.25, -0.2) is 13.4 Å². The number of benzene rings is 1. The number of carbonyl (C=O) groups excluding carboxylic acids is 1. The molecule has 35 heavy (non-hydrogen) atoms. The molecule has 3 aromatic rings. The standard InChI is InChI=1S/C25H30N4O5S/c1-17-9-12-29(13-10-17)35(31,32)18-7-8-21-19(14-18)20(25(30)27-16-24(33-2)34-3)15-23(28-21)22-6-4-5-11-26-22/h4-8,11,14-15,17,24H,9-10,12-13,16H2,1-3H3,(H,27,30). The molecule has 186 valence electrons. The number of nitrogens with one attached hydrogen (secondary N) is 1. The smallest absolute Gasteiger partial charge is 0.252 e. The summed E-state index contributed by atoms with van der Waals surface area (Å²) in [5.41, 5.74) is 1.92. The van der Waals surface area contributed by atoms with Crippen molar-refractivity contribution < 1.29 is 22.7 Å². The van der Waals surface area contributed by atoms with E-state index < -0.39 is 22.2 Å².